The van der Waals surface area contributed by atoms with Gasteiger partial charge in [0.2, 0.25) is 0 Å². The molecule has 0 aliphatic carbocycles. The van der Waals surface area contributed by atoms with Crippen LogP contribution in [-0.4, -0.2) is 26.3 Å². The summed E-state index contributed by atoms with van der Waals surface area (Å²) in [6, 6.07) is 15.1. The summed E-state index contributed by atoms with van der Waals surface area (Å²) in [5, 5.41) is 5.63. The molecule has 0 saturated heterocycles. The summed E-state index contributed by atoms with van der Waals surface area (Å²) >= 11 is 0. The molecule has 122 valence electrons. The number of amides is 2. The monoisotopic (exact) mass is 314 g/mol. The van der Waals surface area contributed by atoms with Crippen molar-refractivity contribution >= 4 is 11.7 Å². The summed E-state index contributed by atoms with van der Waals surface area (Å²) in [7, 11) is 1.58. The highest BCUT2D eigenvalue weighted by Gasteiger charge is 2.07. The van der Waals surface area contributed by atoms with Crippen LogP contribution in [0.15, 0.2) is 48.5 Å². The SMILES string of the molecule is CCOc1cc(NC(=O)NCCc2ccccc2)ccc1OC. The van der Waals surface area contributed by atoms with E-state index in [-0.39, 0.29) is 6.03 Å². The number of methoxy groups -OCH3 is 1. The molecule has 2 rings (SSSR count). The molecule has 5 heteroatoms. The Morgan fingerprint density at radius 3 is 2.57 bits per heavy atom. The van der Waals surface area contributed by atoms with Crippen molar-refractivity contribution in [3.8, 4) is 11.5 Å². The predicted octanol–water partition coefficient (Wildman–Crippen LogP) is 3.46. The maximum absolute atomic E-state index is 11.9. The van der Waals surface area contributed by atoms with E-state index in [1.807, 2.05) is 37.3 Å². The number of anilines is 1. The Kier molecular flexibility index (Phi) is 6.29. The van der Waals surface area contributed by atoms with Crippen molar-refractivity contribution < 1.29 is 14.3 Å². The van der Waals surface area contributed by atoms with Crippen molar-refractivity contribution in [3.63, 3.8) is 0 Å². The van der Waals surface area contributed by atoms with Crippen molar-refractivity contribution in [1.82, 2.24) is 5.32 Å². The first kappa shape index (κ1) is 16.7. The molecular formula is C18H22N2O3. The molecule has 0 saturated carbocycles. The van der Waals surface area contributed by atoms with Gasteiger partial charge >= 0.3 is 6.03 Å². The van der Waals surface area contributed by atoms with Crippen LogP contribution in [0, 0.1) is 0 Å². The second-order valence-corrected chi connectivity index (χ2v) is 4.92. The summed E-state index contributed by atoms with van der Waals surface area (Å²) in [5.41, 5.74) is 1.85. The summed E-state index contributed by atoms with van der Waals surface area (Å²) in [6.07, 6.45) is 0.793. The lowest BCUT2D eigenvalue weighted by Crippen LogP contribution is -2.30. The third kappa shape index (κ3) is 5.21. The smallest absolute Gasteiger partial charge is 0.319 e. The van der Waals surface area contributed by atoms with Gasteiger partial charge in [-0.3, -0.25) is 0 Å². The van der Waals surface area contributed by atoms with Gasteiger partial charge in [0.15, 0.2) is 11.5 Å². The largest absolute Gasteiger partial charge is 0.493 e. The minimum absolute atomic E-state index is 0.242. The van der Waals surface area contributed by atoms with E-state index in [2.05, 4.69) is 10.6 Å². The molecule has 0 bridgehead atoms. The van der Waals surface area contributed by atoms with Crippen molar-refractivity contribution in [2.45, 2.75) is 13.3 Å². The average Bonchev–Trinajstić information content (AvgIpc) is 2.56. The van der Waals surface area contributed by atoms with Crippen molar-refractivity contribution in [1.29, 1.82) is 0 Å². The zero-order valence-corrected chi connectivity index (χ0v) is 13.5. The summed E-state index contributed by atoms with van der Waals surface area (Å²) in [6.45, 7) is 3.00. The number of urea groups is 1. The predicted molar refractivity (Wildman–Crippen MR) is 91.3 cm³/mol. The molecule has 0 aliphatic rings. The van der Waals surface area contributed by atoms with E-state index >= 15 is 0 Å². The molecule has 0 heterocycles. The number of carbonyl (C=O) groups excluding carboxylic acids is 1. The van der Waals surface area contributed by atoms with Gasteiger partial charge in [-0.25, -0.2) is 4.79 Å². The van der Waals surface area contributed by atoms with E-state index in [1.165, 1.54) is 5.56 Å². The van der Waals surface area contributed by atoms with Gasteiger partial charge in [-0.15, -0.1) is 0 Å². The maximum atomic E-state index is 11.9. The van der Waals surface area contributed by atoms with Crippen LogP contribution in [0.4, 0.5) is 10.5 Å². The van der Waals surface area contributed by atoms with Crippen LogP contribution in [0.25, 0.3) is 0 Å². The minimum atomic E-state index is -0.242. The van der Waals surface area contributed by atoms with Crippen LogP contribution in [0.1, 0.15) is 12.5 Å². The lowest BCUT2D eigenvalue weighted by atomic mass is 10.1. The van der Waals surface area contributed by atoms with E-state index in [1.54, 1.807) is 25.3 Å². The van der Waals surface area contributed by atoms with Crippen LogP contribution >= 0.6 is 0 Å². The third-order valence-electron chi connectivity index (χ3n) is 3.26. The van der Waals surface area contributed by atoms with Crippen LogP contribution in [0.3, 0.4) is 0 Å². The van der Waals surface area contributed by atoms with Gasteiger partial charge in [0, 0.05) is 18.3 Å². The molecule has 0 aromatic heterocycles. The lowest BCUT2D eigenvalue weighted by Gasteiger charge is -2.12. The summed E-state index contributed by atoms with van der Waals surface area (Å²) < 4.78 is 10.7. The molecule has 2 aromatic carbocycles. The number of hydrogen-bond acceptors (Lipinski definition) is 3. The van der Waals surface area contributed by atoms with Crippen molar-refractivity contribution in [2.75, 3.05) is 25.6 Å². The Morgan fingerprint density at radius 1 is 1.09 bits per heavy atom. The Labute approximate surface area is 136 Å². The third-order valence-corrected chi connectivity index (χ3v) is 3.26. The molecule has 0 unspecified atom stereocenters. The van der Waals surface area contributed by atoms with Crippen LogP contribution in [-0.2, 0) is 6.42 Å². The van der Waals surface area contributed by atoms with Gasteiger partial charge < -0.3 is 20.1 Å². The molecule has 23 heavy (non-hydrogen) atoms. The Bertz CT molecular complexity index is 629. The molecule has 0 aliphatic heterocycles. The quantitative estimate of drug-likeness (QED) is 0.823. The zero-order valence-electron chi connectivity index (χ0n) is 13.5. The minimum Gasteiger partial charge on any atom is -0.493 e. The van der Waals surface area contributed by atoms with Gasteiger partial charge in [-0.1, -0.05) is 30.3 Å². The van der Waals surface area contributed by atoms with Gasteiger partial charge in [0.05, 0.1) is 13.7 Å². The van der Waals surface area contributed by atoms with Crippen LogP contribution < -0.4 is 20.1 Å². The standard InChI is InChI=1S/C18H22N2O3/c1-3-23-17-13-15(9-10-16(17)22-2)20-18(21)19-12-11-14-7-5-4-6-8-14/h4-10,13H,3,11-12H2,1-2H3,(H2,19,20,21). The van der Waals surface area contributed by atoms with Crippen molar-refractivity contribution in [2.24, 2.45) is 0 Å². The second-order valence-electron chi connectivity index (χ2n) is 4.92. The van der Waals surface area contributed by atoms with Gasteiger partial charge in [0.25, 0.3) is 0 Å². The number of rotatable bonds is 7. The first-order chi connectivity index (χ1) is 11.2. The van der Waals surface area contributed by atoms with E-state index in [0.717, 1.165) is 6.42 Å². The Hall–Kier alpha value is -2.69. The molecule has 2 N–H and O–H groups in total. The number of nitrogens with one attached hydrogen (secondary N) is 2. The maximum Gasteiger partial charge on any atom is 0.319 e. The lowest BCUT2D eigenvalue weighted by molar-refractivity contribution is 0.252. The number of ether oxygens (including phenoxy) is 2. The Morgan fingerprint density at radius 2 is 1.87 bits per heavy atom. The molecule has 2 aromatic rings. The fraction of sp³-hybridized carbons (Fsp3) is 0.278. The van der Waals surface area contributed by atoms with E-state index in [0.29, 0.717) is 30.3 Å². The molecule has 0 spiro atoms. The normalized spacial score (nSPS) is 10.0. The molecule has 0 atom stereocenters. The van der Waals surface area contributed by atoms with Crippen molar-refractivity contribution in [3.05, 3.63) is 54.1 Å². The summed E-state index contributed by atoms with van der Waals surface area (Å²) in [5.74, 6) is 1.25. The molecule has 2 amide bonds. The molecule has 0 fully saturated rings. The number of hydrogen-bond donors (Lipinski definition) is 2. The first-order valence-corrected chi connectivity index (χ1v) is 7.62. The molecule has 5 nitrogen and oxygen atoms in total. The highest BCUT2D eigenvalue weighted by Crippen LogP contribution is 2.30. The number of carbonyl (C=O) groups is 1. The molecule has 0 radical (unpaired) electrons. The van der Waals surface area contributed by atoms with E-state index in [9.17, 15) is 4.79 Å². The van der Waals surface area contributed by atoms with Gasteiger partial charge in [-0.05, 0) is 31.0 Å². The second kappa shape index (κ2) is 8.68. The van der Waals surface area contributed by atoms with E-state index < -0.39 is 0 Å². The summed E-state index contributed by atoms with van der Waals surface area (Å²) in [4.78, 5) is 11.9. The highest BCUT2D eigenvalue weighted by atomic mass is 16.5. The highest BCUT2D eigenvalue weighted by molar-refractivity contribution is 5.89. The number of benzene rings is 2. The van der Waals surface area contributed by atoms with Crippen LogP contribution in [0.5, 0.6) is 11.5 Å². The first-order valence-electron chi connectivity index (χ1n) is 7.62. The van der Waals surface area contributed by atoms with E-state index in [4.69, 9.17) is 9.47 Å². The fourth-order valence-electron chi connectivity index (χ4n) is 2.16. The average molecular weight is 314 g/mol. The zero-order chi connectivity index (χ0) is 16.5. The molecular weight excluding hydrogens is 292 g/mol. The van der Waals surface area contributed by atoms with Crippen LogP contribution in [0.2, 0.25) is 0 Å². The topological polar surface area (TPSA) is 59.6 Å². The Balaban J connectivity index is 1.86. The fourth-order valence-corrected chi connectivity index (χ4v) is 2.16. The van der Waals surface area contributed by atoms with Gasteiger partial charge in [0.1, 0.15) is 0 Å². The van der Waals surface area contributed by atoms with Gasteiger partial charge in [-0.2, -0.15) is 0 Å².